The van der Waals surface area contributed by atoms with Crippen molar-refractivity contribution in [3.05, 3.63) is 47.8 Å². The van der Waals surface area contributed by atoms with Crippen LogP contribution < -0.4 is 14.4 Å². The van der Waals surface area contributed by atoms with Crippen molar-refractivity contribution in [3.8, 4) is 5.75 Å². The van der Waals surface area contributed by atoms with Gasteiger partial charge in [-0.2, -0.15) is 13.2 Å². The molecule has 1 aliphatic rings. The molecule has 208 valence electrons. The SMILES string of the molecule is Cc1cc(S(=O)(=O)N2CC(CC(C)C(=O)O)Oc3ccc(NC(=O)OC(C)(C)C(F)(F)F)cc32)ccc1F. The van der Waals surface area contributed by atoms with E-state index in [4.69, 9.17) is 4.74 Å². The van der Waals surface area contributed by atoms with Crippen LogP contribution in [0.3, 0.4) is 0 Å². The van der Waals surface area contributed by atoms with E-state index < -0.39 is 51.7 Å². The van der Waals surface area contributed by atoms with Gasteiger partial charge in [0.25, 0.3) is 10.0 Å². The van der Waals surface area contributed by atoms with Gasteiger partial charge in [0.1, 0.15) is 17.7 Å². The first-order valence-electron chi connectivity index (χ1n) is 11.3. The molecule has 0 fully saturated rings. The Hall–Kier alpha value is -3.55. The summed E-state index contributed by atoms with van der Waals surface area (Å²) in [5.41, 5.74) is -2.89. The number of amides is 1. The lowest BCUT2D eigenvalue weighted by Gasteiger charge is -2.36. The molecule has 2 atom stereocenters. The molecule has 0 aromatic heterocycles. The molecule has 1 amide bonds. The summed E-state index contributed by atoms with van der Waals surface area (Å²) >= 11 is 0. The van der Waals surface area contributed by atoms with E-state index in [1.807, 2.05) is 0 Å². The lowest BCUT2D eigenvalue weighted by Crippen LogP contribution is -2.45. The highest BCUT2D eigenvalue weighted by Gasteiger charge is 2.51. The smallest absolute Gasteiger partial charge is 0.427 e. The van der Waals surface area contributed by atoms with Crippen molar-refractivity contribution < 1.29 is 50.1 Å². The molecular weight excluding hydrogens is 536 g/mol. The number of fused-ring (bicyclic) bond motifs is 1. The number of halogens is 4. The van der Waals surface area contributed by atoms with Gasteiger partial charge in [0.2, 0.25) is 5.60 Å². The average molecular weight is 563 g/mol. The molecule has 9 nitrogen and oxygen atoms in total. The van der Waals surface area contributed by atoms with Crippen LogP contribution in [0.5, 0.6) is 5.75 Å². The van der Waals surface area contributed by atoms with E-state index in [2.05, 4.69) is 10.1 Å². The maximum Gasteiger partial charge on any atom is 0.427 e. The van der Waals surface area contributed by atoms with Crippen molar-refractivity contribution in [2.24, 2.45) is 5.92 Å². The summed E-state index contributed by atoms with van der Waals surface area (Å²) in [5, 5.41) is 11.4. The van der Waals surface area contributed by atoms with E-state index in [0.29, 0.717) is 13.8 Å². The van der Waals surface area contributed by atoms with Crippen LogP contribution in [-0.4, -0.2) is 50.0 Å². The number of aryl methyl sites for hydroxylation is 1. The maximum atomic E-state index is 13.8. The number of carbonyl (C=O) groups is 2. The first kappa shape index (κ1) is 29.0. The van der Waals surface area contributed by atoms with E-state index in [9.17, 15) is 40.7 Å². The fourth-order valence-electron chi connectivity index (χ4n) is 3.57. The monoisotopic (exact) mass is 562 g/mol. The van der Waals surface area contributed by atoms with Crippen LogP contribution in [0, 0.1) is 18.7 Å². The van der Waals surface area contributed by atoms with Crippen molar-refractivity contribution in [1.82, 2.24) is 0 Å². The zero-order valence-corrected chi connectivity index (χ0v) is 21.6. The number of aliphatic carboxylic acids is 1. The summed E-state index contributed by atoms with van der Waals surface area (Å²) in [4.78, 5) is 23.3. The minimum Gasteiger partial charge on any atom is -0.486 e. The number of hydrogen-bond donors (Lipinski definition) is 2. The summed E-state index contributed by atoms with van der Waals surface area (Å²) in [5.74, 6) is -2.57. The Morgan fingerprint density at radius 1 is 1.21 bits per heavy atom. The number of sulfonamides is 1. The van der Waals surface area contributed by atoms with Crippen LogP contribution in [-0.2, 0) is 19.6 Å². The Morgan fingerprint density at radius 2 is 1.87 bits per heavy atom. The van der Waals surface area contributed by atoms with Crippen molar-refractivity contribution in [2.75, 3.05) is 16.2 Å². The third-order valence-corrected chi connectivity index (χ3v) is 7.70. The predicted molar refractivity (Wildman–Crippen MR) is 128 cm³/mol. The van der Waals surface area contributed by atoms with Crippen LogP contribution in [0.2, 0.25) is 0 Å². The Labute approximate surface area is 216 Å². The van der Waals surface area contributed by atoms with E-state index in [0.717, 1.165) is 22.5 Å². The quantitative estimate of drug-likeness (QED) is 0.451. The van der Waals surface area contributed by atoms with Crippen LogP contribution in [0.15, 0.2) is 41.3 Å². The van der Waals surface area contributed by atoms with Gasteiger partial charge in [0, 0.05) is 5.69 Å². The molecule has 0 saturated heterocycles. The van der Waals surface area contributed by atoms with E-state index in [1.54, 1.807) is 0 Å². The summed E-state index contributed by atoms with van der Waals surface area (Å²) in [6, 6.07) is 6.91. The number of anilines is 2. The second-order valence-corrected chi connectivity index (χ2v) is 11.2. The number of rotatable bonds is 7. The molecule has 38 heavy (non-hydrogen) atoms. The highest BCUT2D eigenvalue weighted by Crippen LogP contribution is 2.40. The average Bonchev–Trinajstić information content (AvgIpc) is 2.79. The normalized spacial score (nSPS) is 16.7. The molecule has 2 N–H and O–H groups in total. The molecule has 2 unspecified atom stereocenters. The fraction of sp³-hybridized carbons (Fsp3) is 0.417. The Bertz CT molecular complexity index is 1350. The number of carboxylic acids is 1. The number of nitrogens with one attached hydrogen (secondary N) is 1. The Kier molecular flexibility index (Phi) is 7.87. The minimum atomic E-state index is -4.84. The van der Waals surface area contributed by atoms with Gasteiger partial charge < -0.3 is 14.6 Å². The zero-order chi connectivity index (χ0) is 28.6. The molecule has 2 aromatic carbocycles. The highest BCUT2D eigenvalue weighted by molar-refractivity contribution is 7.92. The minimum absolute atomic E-state index is 0.0239. The zero-order valence-electron chi connectivity index (χ0n) is 20.8. The lowest BCUT2D eigenvalue weighted by atomic mass is 10.0. The van der Waals surface area contributed by atoms with Crippen LogP contribution in [0.1, 0.15) is 32.8 Å². The standard InChI is InChI=1S/C24H26F4N2O7S/c1-13-10-17(6-7-18(13)25)38(34,35)30-12-16(9-14(2)21(31)32)36-20-8-5-15(11-19(20)30)29-22(33)37-23(3,4)24(26,27)28/h5-8,10-11,14,16H,9,12H2,1-4H3,(H,29,33)(H,31,32). The number of alkyl halides is 3. The molecule has 0 bridgehead atoms. The van der Waals surface area contributed by atoms with Crippen molar-refractivity contribution in [2.45, 2.75) is 56.9 Å². The summed E-state index contributed by atoms with van der Waals surface area (Å²) in [7, 11) is -4.35. The number of ether oxygens (including phenoxy) is 2. The third-order valence-electron chi connectivity index (χ3n) is 5.92. The number of carbonyl (C=O) groups excluding carboxylic acids is 1. The molecule has 14 heteroatoms. The first-order chi connectivity index (χ1) is 17.4. The molecule has 0 radical (unpaired) electrons. The number of nitrogens with zero attached hydrogens (tertiary/aromatic N) is 1. The second-order valence-electron chi connectivity index (χ2n) is 9.37. The summed E-state index contributed by atoms with van der Waals surface area (Å²) < 4.78 is 91.5. The van der Waals surface area contributed by atoms with Gasteiger partial charge in [-0.3, -0.25) is 14.4 Å². The summed E-state index contributed by atoms with van der Waals surface area (Å²) in [6.07, 6.45) is -7.18. The predicted octanol–water partition coefficient (Wildman–Crippen LogP) is 5.09. The lowest BCUT2D eigenvalue weighted by molar-refractivity contribution is -0.242. The van der Waals surface area contributed by atoms with E-state index >= 15 is 0 Å². The van der Waals surface area contributed by atoms with Gasteiger partial charge in [-0.25, -0.2) is 17.6 Å². The Morgan fingerprint density at radius 3 is 2.45 bits per heavy atom. The van der Waals surface area contributed by atoms with Crippen molar-refractivity contribution in [1.29, 1.82) is 0 Å². The molecule has 0 spiro atoms. The topological polar surface area (TPSA) is 122 Å². The van der Waals surface area contributed by atoms with Crippen molar-refractivity contribution in [3.63, 3.8) is 0 Å². The molecule has 0 saturated carbocycles. The molecule has 1 aliphatic heterocycles. The fourth-order valence-corrected chi connectivity index (χ4v) is 5.16. The second kappa shape index (κ2) is 10.3. The number of hydrogen-bond acceptors (Lipinski definition) is 6. The van der Waals surface area contributed by atoms with Crippen molar-refractivity contribution >= 4 is 33.5 Å². The van der Waals surface area contributed by atoms with Gasteiger partial charge in [-0.15, -0.1) is 0 Å². The molecule has 3 rings (SSSR count). The first-order valence-corrected chi connectivity index (χ1v) is 12.8. The number of benzene rings is 2. The largest absolute Gasteiger partial charge is 0.486 e. The van der Waals surface area contributed by atoms with Gasteiger partial charge >= 0.3 is 18.2 Å². The molecule has 1 heterocycles. The van der Waals surface area contributed by atoms with Crippen LogP contribution in [0.25, 0.3) is 0 Å². The van der Waals surface area contributed by atoms with E-state index in [1.165, 1.54) is 32.0 Å². The van der Waals surface area contributed by atoms with E-state index in [-0.39, 0.29) is 40.5 Å². The Balaban J connectivity index is 1.99. The van der Waals surface area contributed by atoms with Gasteiger partial charge in [-0.1, -0.05) is 6.92 Å². The summed E-state index contributed by atoms with van der Waals surface area (Å²) in [6.45, 7) is 3.84. The number of carboxylic acid groups (broad SMARTS) is 1. The third kappa shape index (κ3) is 6.11. The van der Waals surface area contributed by atoms with Gasteiger partial charge in [0.05, 0.1) is 23.0 Å². The highest BCUT2D eigenvalue weighted by atomic mass is 32.2. The van der Waals surface area contributed by atoms with Crippen LogP contribution >= 0.6 is 0 Å². The molecule has 0 aliphatic carbocycles. The maximum absolute atomic E-state index is 13.8. The van der Waals surface area contributed by atoms with Gasteiger partial charge in [0.15, 0.2) is 0 Å². The van der Waals surface area contributed by atoms with Gasteiger partial charge in [-0.05, 0) is 69.2 Å². The molecular formula is C24H26F4N2O7S. The molecule has 2 aromatic rings. The van der Waals surface area contributed by atoms with Crippen LogP contribution in [0.4, 0.5) is 33.7 Å².